The standard InChI is InChI=1S/C17H18N2O2/c20-17-8-3-9-19(17)15-11-14(16-7-4-10-21-16)18-13-6-2-1-5-12(13)15/h1-2,4-7,10,14-15,18H,3,8-9,11H2/t14-,15-/m0/s1. The Hall–Kier alpha value is -2.23. The fourth-order valence-corrected chi connectivity index (χ4v) is 3.49. The summed E-state index contributed by atoms with van der Waals surface area (Å²) in [7, 11) is 0. The summed E-state index contributed by atoms with van der Waals surface area (Å²) in [6, 6.07) is 12.4. The van der Waals surface area contributed by atoms with E-state index in [1.54, 1.807) is 6.26 Å². The van der Waals surface area contributed by atoms with Gasteiger partial charge in [-0.1, -0.05) is 18.2 Å². The van der Waals surface area contributed by atoms with Crippen LogP contribution in [0.3, 0.4) is 0 Å². The predicted octanol–water partition coefficient (Wildman–Crippen LogP) is 3.50. The number of benzene rings is 1. The van der Waals surface area contributed by atoms with Gasteiger partial charge in [-0.05, 0) is 36.6 Å². The topological polar surface area (TPSA) is 45.5 Å². The van der Waals surface area contributed by atoms with Gasteiger partial charge in [0, 0.05) is 18.7 Å². The molecule has 3 heterocycles. The molecule has 4 heteroatoms. The monoisotopic (exact) mass is 282 g/mol. The minimum atomic E-state index is 0.119. The third-order valence-corrected chi connectivity index (χ3v) is 4.48. The zero-order chi connectivity index (χ0) is 14.2. The Bertz CT molecular complexity index is 651. The molecule has 0 spiro atoms. The fourth-order valence-electron chi connectivity index (χ4n) is 3.49. The van der Waals surface area contributed by atoms with Crippen molar-refractivity contribution < 1.29 is 9.21 Å². The van der Waals surface area contributed by atoms with E-state index in [4.69, 9.17) is 4.42 Å². The van der Waals surface area contributed by atoms with Gasteiger partial charge in [-0.3, -0.25) is 4.79 Å². The third-order valence-electron chi connectivity index (χ3n) is 4.48. The Labute approximate surface area is 123 Å². The molecule has 1 N–H and O–H groups in total. The van der Waals surface area contributed by atoms with Gasteiger partial charge in [-0.25, -0.2) is 0 Å². The first-order valence-electron chi connectivity index (χ1n) is 7.51. The molecule has 21 heavy (non-hydrogen) atoms. The smallest absolute Gasteiger partial charge is 0.223 e. The molecule has 0 aliphatic carbocycles. The maximum absolute atomic E-state index is 12.2. The maximum atomic E-state index is 12.2. The lowest BCUT2D eigenvalue weighted by Gasteiger charge is -2.37. The molecule has 4 rings (SSSR count). The molecule has 0 radical (unpaired) electrons. The van der Waals surface area contributed by atoms with Gasteiger partial charge in [0.05, 0.1) is 18.3 Å². The molecular formula is C17H18N2O2. The minimum absolute atomic E-state index is 0.119. The second-order valence-corrected chi connectivity index (χ2v) is 5.74. The fraction of sp³-hybridized carbons (Fsp3) is 0.353. The van der Waals surface area contributed by atoms with E-state index in [1.165, 1.54) is 5.56 Å². The van der Waals surface area contributed by atoms with Gasteiger partial charge in [0.25, 0.3) is 0 Å². The molecule has 1 aromatic heterocycles. The number of anilines is 1. The summed E-state index contributed by atoms with van der Waals surface area (Å²) in [4.78, 5) is 14.2. The summed E-state index contributed by atoms with van der Waals surface area (Å²) in [5.41, 5.74) is 2.32. The molecule has 2 atom stereocenters. The molecule has 1 fully saturated rings. The summed E-state index contributed by atoms with van der Waals surface area (Å²) in [5.74, 6) is 1.20. The zero-order valence-corrected chi connectivity index (χ0v) is 11.8. The van der Waals surface area contributed by atoms with Crippen LogP contribution in [0.5, 0.6) is 0 Å². The summed E-state index contributed by atoms with van der Waals surface area (Å²) < 4.78 is 5.56. The molecule has 0 bridgehead atoms. The second kappa shape index (κ2) is 4.95. The van der Waals surface area contributed by atoms with Gasteiger partial charge in [0.2, 0.25) is 5.91 Å². The van der Waals surface area contributed by atoms with Crippen molar-refractivity contribution in [1.29, 1.82) is 0 Å². The first-order chi connectivity index (χ1) is 10.3. The van der Waals surface area contributed by atoms with Crippen molar-refractivity contribution >= 4 is 11.6 Å². The molecule has 2 aliphatic heterocycles. The number of likely N-dealkylation sites (tertiary alicyclic amines) is 1. The van der Waals surface area contributed by atoms with Crippen LogP contribution in [0.4, 0.5) is 5.69 Å². The predicted molar refractivity (Wildman–Crippen MR) is 79.8 cm³/mol. The SMILES string of the molecule is O=C1CCCN1[C@H]1C[C@@H](c2ccco2)Nc2ccccc21. The van der Waals surface area contributed by atoms with Crippen molar-refractivity contribution in [3.05, 3.63) is 54.0 Å². The molecule has 2 aliphatic rings. The number of nitrogens with one attached hydrogen (secondary N) is 1. The molecule has 1 aromatic carbocycles. The minimum Gasteiger partial charge on any atom is -0.467 e. The van der Waals surface area contributed by atoms with E-state index in [0.29, 0.717) is 6.42 Å². The van der Waals surface area contributed by atoms with Gasteiger partial charge in [-0.15, -0.1) is 0 Å². The Morgan fingerprint density at radius 3 is 2.86 bits per heavy atom. The number of rotatable bonds is 2. The summed E-state index contributed by atoms with van der Waals surface area (Å²) in [5, 5.41) is 3.54. The molecule has 1 amide bonds. The van der Waals surface area contributed by atoms with E-state index in [9.17, 15) is 4.79 Å². The van der Waals surface area contributed by atoms with Gasteiger partial charge in [-0.2, -0.15) is 0 Å². The Morgan fingerprint density at radius 2 is 2.10 bits per heavy atom. The number of carbonyl (C=O) groups is 1. The van der Waals surface area contributed by atoms with E-state index in [-0.39, 0.29) is 18.0 Å². The van der Waals surface area contributed by atoms with Gasteiger partial charge in [0.1, 0.15) is 5.76 Å². The van der Waals surface area contributed by atoms with Crippen molar-refractivity contribution in [2.24, 2.45) is 0 Å². The van der Waals surface area contributed by atoms with Gasteiger partial charge >= 0.3 is 0 Å². The molecular weight excluding hydrogens is 264 g/mol. The second-order valence-electron chi connectivity index (χ2n) is 5.74. The highest BCUT2D eigenvalue weighted by Crippen LogP contribution is 2.43. The van der Waals surface area contributed by atoms with Crippen LogP contribution in [-0.2, 0) is 4.79 Å². The van der Waals surface area contributed by atoms with E-state index < -0.39 is 0 Å². The molecule has 108 valence electrons. The number of hydrogen-bond donors (Lipinski definition) is 1. The highest BCUT2D eigenvalue weighted by atomic mass is 16.3. The lowest BCUT2D eigenvalue weighted by atomic mass is 9.91. The number of para-hydroxylation sites is 1. The number of amides is 1. The number of fused-ring (bicyclic) bond motifs is 1. The van der Waals surface area contributed by atoms with Crippen LogP contribution in [0.15, 0.2) is 47.1 Å². The normalized spacial score (nSPS) is 24.8. The Kier molecular flexibility index (Phi) is 2.95. The number of carbonyl (C=O) groups excluding carboxylic acids is 1. The maximum Gasteiger partial charge on any atom is 0.223 e. The van der Waals surface area contributed by atoms with Crippen LogP contribution in [-0.4, -0.2) is 17.4 Å². The average Bonchev–Trinajstić information content (AvgIpc) is 3.17. The van der Waals surface area contributed by atoms with E-state index >= 15 is 0 Å². The molecule has 2 aromatic rings. The molecule has 4 nitrogen and oxygen atoms in total. The van der Waals surface area contributed by atoms with Gasteiger partial charge in [0.15, 0.2) is 0 Å². The van der Waals surface area contributed by atoms with Crippen molar-refractivity contribution in [2.45, 2.75) is 31.3 Å². The Morgan fingerprint density at radius 1 is 1.19 bits per heavy atom. The van der Waals surface area contributed by atoms with Gasteiger partial charge < -0.3 is 14.6 Å². The van der Waals surface area contributed by atoms with E-state index in [1.807, 2.05) is 29.2 Å². The largest absolute Gasteiger partial charge is 0.467 e. The van der Waals surface area contributed by atoms with Crippen molar-refractivity contribution in [2.75, 3.05) is 11.9 Å². The Balaban J connectivity index is 1.72. The van der Waals surface area contributed by atoms with Crippen molar-refractivity contribution in [3.8, 4) is 0 Å². The summed E-state index contributed by atoms with van der Waals surface area (Å²) in [6.45, 7) is 0.864. The van der Waals surface area contributed by atoms with Crippen molar-refractivity contribution in [3.63, 3.8) is 0 Å². The quantitative estimate of drug-likeness (QED) is 0.917. The first kappa shape index (κ1) is 12.5. The van der Waals surface area contributed by atoms with Crippen molar-refractivity contribution in [1.82, 2.24) is 4.90 Å². The van der Waals surface area contributed by atoms with Crippen LogP contribution in [0, 0.1) is 0 Å². The third kappa shape index (κ3) is 2.11. The van der Waals surface area contributed by atoms with E-state index in [2.05, 4.69) is 17.4 Å². The number of furan rings is 1. The number of hydrogen-bond acceptors (Lipinski definition) is 3. The molecule has 0 unspecified atom stereocenters. The molecule has 1 saturated heterocycles. The summed E-state index contributed by atoms with van der Waals surface area (Å²) in [6.07, 6.45) is 4.21. The molecule has 0 saturated carbocycles. The van der Waals surface area contributed by atoms with Crippen LogP contribution in [0.2, 0.25) is 0 Å². The highest BCUT2D eigenvalue weighted by Gasteiger charge is 2.36. The van der Waals surface area contributed by atoms with E-state index in [0.717, 1.165) is 30.8 Å². The zero-order valence-electron chi connectivity index (χ0n) is 11.8. The number of nitrogens with zero attached hydrogens (tertiary/aromatic N) is 1. The summed E-state index contributed by atoms with van der Waals surface area (Å²) >= 11 is 0. The highest BCUT2D eigenvalue weighted by molar-refractivity contribution is 5.79. The van der Waals surface area contributed by atoms with Crippen LogP contribution in [0.25, 0.3) is 0 Å². The van der Waals surface area contributed by atoms with Crippen LogP contribution < -0.4 is 5.32 Å². The van der Waals surface area contributed by atoms with Crippen LogP contribution >= 0.6 is 0 Å². The lowest BCUT2D eigenvalue weighted by molar-refractivity contribution is -0.130. The van der Waals surface area contributed by atoms with Crippen LogP contribution in [0.1, 0.15) is 42.7 Å². The lowest BCUT2D eigenvalue weighted by Crippen LogP contribution is -2.35. The average molecular weight is 282 g/mol. The first-order valence-corrected chi connectivity index (χ1v) is 7.51.